The Morgan fingerprint density at radius 3 is 1.26 bits per heavy atom. The first-order chi connectivity index (χ1) is 12.3. The van der Waals surface area contributed by atoms with Crippen molar-refractivity contribution in [3.8, 4) is 0 Å². The van der Waals surface area contributed by atoms with E-state index in [-0.39, 0.29) is 9.79 Å². The molecule has 0 aliphatic heterocycles. The number of benzene rings is 2. The third-order valence-corrected chi connectivity index (χ3v) is 7.07. The van der Waals surface area contributed by atoms with Crippen LogP contribution in [0.2, 0.25) is 0 Å². The number of rotatable bonds is 6. The third kappa shape index (κ3) is 6.05. The van der Waals surface area contributed by atoms with Crippen molar-refractivity contribution < 1.29 is 16.8 Å². The van der Waals surface area contributed by atoms with E-state index in [2.05, 4.69) is 9.44 Å². The number of alkyl halides is 3. The van der Waals surface area contributed by atoms with Crippen LogP contribution in [0.1, 0.15) is 11.1 Å². The predicted octanol–water partition coefficient (Wildman–Crippen LogP) is 3.26. The number of sulfonamides is 2. The molecule has 0 fully saturated rings. The molecule has 0 unspecified atom stereocenters. The molecule has 0 amide bonds. The van der Waals surface area contributed by atoms with E-state index in [9.17, 15) is 16.8 Å². The van der Waals surface area contributed by atoms with Crippen LogP contribution in [0.4, 0.5) is 0 Å². The molecule has 2 rings (SSSR count). The van der Waals surface area contributed by atoms with E-state index in [1.165, 1.54) is 24.3 Å². The Morgan fingerprint density at radius 1 is 0.704 bits per heavy atom. The molecule has 0 spiro atoms. The summed E-state index contributed by atoms with van der Waals surface area (Å²) in [5.74, 6) is 0. The average Bonchev–Trinajstić information content (AvgIpc) is 2.54. The maximum Gasteiger partial charge on any atom is 0.242 e. The topological polar surface area (TPSA) is 92.3 Å². The normalized spacial score (nSPS) is 13.1. The van der Waals surface area contributed by atoms with Gasteiger partial charge in [0, 0.05) is 0 Å². The fraction of sp³-hybridized carbons (Fsp3) is 0.250. The molecule has 0 aromatic heterocycles. The van der Waals surface area contributed by atoms with E-state index in [1.807, 2.05) is 0 Å². The summed E-state index contributed by atoms with van der Waals surface area (Å²) < 4.78 is 52.1. The van der Waals surface area contributed by atoms with Crippen molar-refractivity contribution in [2.75, 3.05) is 0 Å². The maximum absolute atomic E-state index is 12.5. The second-order valence-electron chi connectivity index (χ2n) is 5.84. The van der Waals surface area contributed by atoms with Crippen molar-refractivity contribution >= 4 is 54.8 Å². The van der Waals surface area contributed by atoms with Gasteiger partial charge in [0.25, 0.3) is 0 Å². The van der Waals surface area contributed by atoms with Crippen molar-refractivity contribution in [1.82, 2.24) is 9.44 Å². The van der Waals surface area contributed by atoms with Crippen LogP contribution in [0.5, 0.6) is 0 Å². The molecule has 0 aliphatic rings. The Hall–Kier alpha value is -0.870. The molecule has 0 saturated heterocycles. The lowest BCUT2D eigenvalue weighted by Crippen LogP contribution is -2.54. The first-order valence-corrected chi connectivity index (χ1v) is 11.7. The Morgan fingerprint density at radius 2 is 1.00 bits per heavy atom. The minimum atomic E-state index is -4.15. The Kier molecular flexibility index (Phi) is 6.85. The highest BCUT2D eigenvalue weighted by atomic mass is 35.6. The van der Waals surface area contributed by atoms with Crippen LogP contribution in [0.25, 0.3) is 0 Å². The molecule has 2 aromatic rings. The smallest absolute Gasteiger partial charge is 0.207 e. The minimum Gasteiger partial charge on any atom is -0.207 e. The summed E-state index contributed by atoms with van der Waals surface area (Å²) in [5.41, 5.74) is 1.71. The Balaban J connectivity index is 2.33. The number of hydrogen-bond donors (Lipinski definition) is 2. The van der Waals surface area contributed by atoms with Crippen molar-refractivity contribution in [3.63, 3.8) is 0 Å². The summed E-state index contributed by atoms with van der Waals surface area (Å²) in [6.45, 7) is 3.59. The summed E-state index contributed by atoms with van der Waals surface area (Å²) >= 11 is 17.4. The van der Waals surface area contributed by atoms with Crippen LogP contribution in [-0.4, -0.2) is 26.8 Å². The van der Waals surface area contributed by atoms with Gasteiger partial charge < -0.3 is 0 Å². The van der Waals surface area contributed by atoms with Gasteiger partial charge in [0.1, 0.15) is 6.17 Å². The average molecular weight is 472 g/mol. The molecule has 2 aromatic carbocycles. The summed E-state index contributed by atoms with van der Waals surface area (Å²) in [7, 11) is -8.30. The van der Waals surface area contributed by atoms with Gasteiger partial charge in [-0.15, -0.1) is 0 Å². The summed E-state index contributed by atoms with van der Waals surface area (Å²) in [4.78, 5) is -0.191. The highest BCUT2D eigenvalue weighted by Crippen LogP contribution is 2.31. The van der Waals surface area contributed by atoms with Crippen LogP contribution >= 0.6 is 34.8 Å². The largest absolute Gasteiger partial charge is 0.242 e. The van der Waals surface area contributed by atoms with Crippen LogP contribution in [0, 0.1) is 13.8 Å². The van der Waals surface area contributed by atoms with Gasteiger partial charge >= 0.3 is 0 Å². The molecule has 0 atom stereocenters. The van der Waals surface area contributed by atoms with Gasteiger partial charge in [0.2, 0.25) is 23.8 Å². The van der Waals surface area contributed by atoms with Crippen LogP contribution in [0.3, 0.4) is 0 Å². The third-order valence-electron chi connectivity index (χ3n) is 3.54. The van der Waals surface area contributed by atoms with E-state index >= 15 is 0 Å². The summed E-state index contributed by atoms with van der Waals surface area (Å²) in [5, 5.41) is 0. The predicted molar refractivity (Wildman–Crippen MR) is 107 cm³/mol. The van der Waals surface area contributed by atoms with Gasteiger partial charge in [-0.2, -0.15) is 9.44 Å². The van der Waals surface area contributed by atoms with Gasteiger partial charge in [-0.25, -0.2) is 16.8 Å². The highest BCUT2D eigenvalue weighted by molar-refractivity contribution is 7.90. The molecule has 148 valence electrons. The molecule has 27 heavy (non-hydrogen) atoms. The van der Waals surface area contributed by atoms with Gasteiger partial charge in [-0.05, 0) is 38.1 Å². The second kappa shape index (κ2) is 8.24. The Labute approximate surface area is 173 Å². The highest BCUT2D eigenvalue weighted by Gasteiger charge is 2.39. The van der Waals surface area contributed by atoms with E-state index < -0.39 is 30.0 Å². The fourth-order valence-electron chi connectivity index (χ4n) is 2.04. The molecule has 0 radical (unpaired) electrons. The minimum absolute atomic E-state index is 0.0955. The zero-order valence-corrected chi connectivity index (χ0v) is 18.2. The number of nitrogens with one attached hydrogen (secondary N) is 2. The van der Waals surface area contributed by atoms with E-state index in [0.29, 0.717) is 0 Å². The van der Waals surface area contributed by atoms with Gasteiger partial charge in [0.05, 0.1) is 9.79 Å². The van der Waals surface area contributed by atoms with Crippen LogP contribution < -0.4 is 9.44 Å². The van der Waals surface area contributed by atoms with E-state index in [1.54, 1.807) is 38.1 Å². The lowest BCUT2D eigenvalue weighted by molar-refractivity contribution is 0.519. The first kappa shape index (κ1) is 22.4. The molecule has 0 saturated carbocycles. The number of aryl methyl sites for hydroxylation is 2. The van der Waals surface area contributed by atoms with Gasteiger partial charge in [-0.3, -0.25) is 0 Å². The monoisotopic (exact) mass is 470 g/mol. The van der Waals surface area contributed by atoms with E-state index in [0.717, 1.165) is 11.1 Å². The zero-order valence-electron chi connectivity index (χ0n) is 14.3. The van der Waals surface area contributed by atoms with Crippen molar-refractivity contribution in [2.24, 2.45) is 0 Å². The van der Waals surface area contributed by atoms with Crippen LogP contribution in [-0.2, 0) is 20.0 Å². The first-order valence-electron chi connectivity index (χ1n) is 7.56. The lowest BCUT2D eigenvalue weighted by atomic mass is 10.2. The molecule has 11 heteroatoms. The lowest BCUT2D eigenvalue weighted by Gasteiger charge is -2.26. The fourth-order valence-corrected chi connectivity index (χ4v) is 5.18. The van der Waals surface area contributed by atoms with Crippen molar-refractivity contribution in [2.45, 2.75) is 33.6 Å². The standard InChI is InChI=1S/C16H17Cl3N2O4S2/c1-11-3-7-13(8-4-11)26(22,23)20-15(16(17,18)19)21-27(24,25)14-9-5-12(2)6-10-14/h3-10,15,20-21H,1-2H3. The zero-order chi connectivity index (χ0) is 20.5. The molecule has 2 N–H and O–H groups in total. The van der Waals surface area contributed by atoms with Crippen molar-refractivity contribution in [3.05, 3.63) is 59.7 Å². The number of hydrogen-bond acceptors (Lipinski definition) is 4. The van der Waals surface area contributed by atoms with Crippen LogP contribution in [0.15, 0.2) is 58.3 Å². The molecule has 6 nitrogen and oxygen atoms in total. The summed E-state index contributed by atoms with van der Waals surface area (Å²) in [6.07, 6.45) is -1.74. The van der Waals surface area contributed by atoms with Gasteiger partial charge in [-0.1, -0.05) is 70.2 Å². The van der Waals surface area contributed by atoms with E-state index in [4.69, 9.17) is 34.8 Å². The molecular weight excluding hydrogens is 455 g/mol. The summed E-state index contributed by atoms with van der Waals surface area (Å²) in [6, 6.07) is 11.8. The SMILES string of the molecule is Cc1ccc(S(=O)(=O)NC(NS(=O)(=O)c2ccc(C)cc2)C(Cl)(Cl)Cl)cc1. The van der Waals surface area contributed by atoms with Gasteiger partial charge in [0.15, 0.2) is 0 Å². The molecule has 0 heterocycles. The maximum atomic E-state index is 12.5. The molecule has 0 aliphatic carbocycles. The van der Waals surface area contributed by atoms with Crippen molar-refractivity contribution in [1.29, 1.82) is 0 Å². The molecule has 0 bridgehead atoms. The molecular formula is C16H17Cl3N2O4S2. The second-order valence-corrected chi connectivity index (χ2v) is 11.6. The quantitative estimate of drug-likeness (QED) is 0.499. The number of halogens is 3. The Bertz CT molecular complexity index is 924.